The molecule has 0 spiro atoms. The van der Waals surface area contributed by atoms with E-state index in [4.69, 9.17) is 9.47 Å². The molecule has 3 aromatic carbocycles. The molecule has 0 unspecified atom stereocenters. The Labute approximate surface area is 200 Å². The molecular weight excluding hydrogens is 446 g/mol. The summed E-state index contributed by atoms with van der Waals surface area (Å²) in [6.07, 6.45) is 5.54. The average Bonchev–Trinajstić information content (AvgIpc) is 3.41. The van der Waals surface area contributed by atoms with Gasteiger partial charge in [-0.25, -0.2) is 0 Å². The predicted molar refractivity (Wildman–Crippen MR) is 135 cm³/mol. The van der Waals surface area contributed by atoms with E-state index in [9.17, 15) is 4.79 Å². The van der Waals surface area contributed by atoms with Crippen molar-refractivity contribution in [3.8, 4) is 11.5 Å². The minimum absolute atomic E-state index is 0.199. The first-order valence-corrected chi connectivity index (χ1v) is 11.5. The number of rotatable bonds is 7. The van der Waals surface area contributed by atoms with Gasteiger partial charge < -0.3 is 9.47 Å². The van der Waals surface area contributed by atoms with Crippen molar-refractivity contribution in [3.63, 3.8) is 0 Å². The lowest BCUT2D eigenvalue weighted by atomic mass is 10.2. The molecule has 0 N–H and O–H groups in total. The van der Waals surface area contributed by atoms with Crippen molar-refractivity contribution in [1.82, 2.24) is 14.6 Å². The maximum atomic E-state index is 12.9. The molecule has 7 heteroatoms. The lowest BCUT2D eigenvalue weighted by Crippen LogP contribution is -2.23. The van der Waals surface area contributed by atoms with Gasteiger partial charge in [0.1, 0.15) is 6.61 Å². The Morgan fingerprint density at radius 2 is 1.68 bits per heavy atom. The smallest absolute Gasteiger partial charge is 0.291 e. The van der Waals surface area contributed by atoms with Crippen LogP contribution in [-0.2, 0) is 6.61 Å². The molecule has 0 aliphatic rings. The topological polar surface area (TPSA) is 65.7 Å². The second kappa shape index (κ2) is 9.72. The normalized spacial score (nSPS) is 12.0. The molecule has 0 bridgehead atoms. The highest BCUT2D eigenvalue weighted by Crippen LogP contribution is 2.29. The summed E-state index contributed by atoms with van der Waals surface area (Å²) in [6.45, 7) is 0.444. The van der Waals surface area contributed by atoms with Crippen molar-refractivity contribution in [3.05, 3.63) is 116 Å². The van der Waals surface area contributed by atoms with Gasteiger partial charge in [-0.05, 0) is 41.0 Å². The first-order valence-electron chi connectivity index (χ1n) is 10.7. The Morgan fingerprint density at radius 1 is 0.912 bits per heavy atom. The van der Waals surface area contributed by atoms with Gasteiger partial charge in [0.15, 0.2) is 17.3 Å². The third-order valence-corrected chi connectivity index (χ3v) is 6.10. The van der Waals surface area contributed by atoms with E-state index in [1.165, 1.54) is 15.9 Å². The number of nitrogens with zero attached hydrogens (tertiary/aromatic N) is 3. The van der Waals surface area contributed by atoms with E-state index in [0.29, 0.717) is 33.4 Å². The van der Waals surface area contributed by atoms with Crippen molar-refractivity contribution in [1.29, 1.82) is 0 Å². The van der Waals surface area contributed by atoms with Crippen LogP contribution in [0.1, 0.15) is 22.5 Å². The molecule has 5 rings (SSSR count). The molecule has 5 aromatic rings. The van der Waals surface area contributed by atoms with E-state index in [-0.39, 0.29) is 5.56 Å². The van der Waals surface area contributed by atoms with Crippen molar-refractivity contribution in [2.45, 2.75) is 6.61 Å². The van der Waals surface area contributed by atoms with Crippen LogP contribution in [0, 0.1) is 0 Å². The first-order chi connectivity index (χ1) is 16.7. The van der Waals surface area contributed by atoms with Gasteiger partial charge in [0, 0.05) is 0 Å². The SMILES string of the molecule is COc1cc(/C=c2\sc3nc(/C=C/c4ccccc4)nn3c2=O)ccc1OCc1ccccc1. The van der Waals surface area contributed by atoms with E-state index < -0.39 is 0 Å². The Hall–Kier alpha value is -4.23. The predicted octanol–water partition coefficient (Wildman–Crippen LogP) is 4.46. The van der Waals surface area contributed by atoms with Crippen LogP contribution < -0.4 is 19.6 Å². The van der Waals surface area contributed by atoms with Crippen molar-refractivity contribution in [2.24, 2.45) is 0 Å². The van der Waals surface area contributed by atoms with Crippen molar-refractivity contribution in [2.75, 3.05) is 7.11 Å². The molecule has 6 nitrogen and oxygen atoms in total. The average molecular weight is 468 g/mol. The fourth-order valence-electron chi connectivity index (χ4n) is 3.43. The van der Waals surface area contributed by atoms with Gasteiger partial charge in [0.25, 0.3) is 5.56 Å². The second-order valence-corrected chi connectivity index (χ2v) is 8.52. The summed E-state index contributed by atoms with van der Waals surface area (Å²) in [4.78, 5) is 17.9. The van der Waals surface area contributed by atoms with Crippen LogP contribution in [0.4, 0.5) is 0 Å². The van der Waals surface area contributed by atoms with Crippen LogP contribution in [0.3, 0.4) is 0 Å². The Bertz CT molecular complexity index is 1560. The first kappa shape index (κ1) is 21.6. The standard InChI is InChI=1S/C27H21N3O3S/c1-32-23-16-21(12-14-22(23)33-18-20-10-6-3-7-11-20)17-24-26(31)30-27(34-24)28-25(29-30)15-13-19-8-4-2-5-9-19/h2-17H,18H2,1H3/b15-13+,24-17-. The fourth-order valence-corrected chi connectivity index (χ4v) is 4.35. The summed E-state index contributed by atoms with van der Waals surface area (Å²) in [6, 6.07) is 25.4. The lowest BCUT2D eigenvalue weighted by Gasteiger charge is -2.11. The third kappa shape index (κ3) is 4.74. The van der Waals surface area contributed by atoms with Gasteiger partial charge in [-0.15, -0.1) is 5.10 Å². The number of thiazole rings is 1. The molecule has 2 heterocycles. The monoisotopic (exact) mass is 467 g/mol. The van der Waals surface area contributed by atoms with E-state index in [2.05, 4.69) is 10.1 Å². The molecule has 0 amide bonds. The van der Waals surface area contributed by atoms with Gasteiger partial charge in [-0.3, -0.25) is 4.79 Å². The summed E-state index contributed by atoms with van der Waals surface area (Å²) in [5.41, 5.74) is 2.75. The Kier molecular flexibility index (Phi) is 6.18. The molecule has 34 heavy (non-hydrogen) atoms. The molecule has 2 aromatic heterocycles. The minimum atomic E-state index is -0.199. The van der Waals surface area contributed by atoms with E-state index in [1.54, 1.807) is 13.2 Å². The van der Waals surface area contributed by atoms with E-state index in [0.717, 1.165) is 16.7 Å². The summed E-state index contributed by atoms with van der Waals surface area (Å²) >= 11 is 1.30. The lowest BCUT2D eigenvalue weighted by molar-refractivity contribution is 0.284. The zero-order valence-corrected chi connectivity index (χ0v) is 19.2. The quantitative estimate of drug-likeness (QED) is 0.354. The number of fused-ring (bicyclic) bond motifs is 1. The van der Waals surface area contributed by atoms with Crippen LogP contribution in [0.2, 0.25) is 0 Å². The number of benzene rings is 3. The number of hydrogen-bond acceptors (Lipinski definition) is 6. The number of aromatic nitrogens is 3. The van der Waals surface area contributed by atoms with Gasteiger partial charge in [-0.1, -0.05) is 84.1 Å². The number of methoxy groups -OCH3 is 1. The van der Waals surface area contributed by atoms with Gasteiger partial charge >= 0.3 is 0 Å². The number of ether oxygens (including phenoxy) is 2. The highest BCUT2D eigenvalue weighted by atomic mass is 32.1. The van der Waals surface area contributed by atoms with Gasteiger partial charge in [0.2, 0.25) is 4.96 Å². The van der Waals surface area contributed by atoms with Crippen molar-refractivity contribution >= 4 is 34.5 Å². The zero-order valence-electron chi connectivity index (χ0n) is 18.4. The van der Waals surface area contributed by atoms with Crippen LogP contribution in [0.5, 0.6) is 11.5 Å². The minimum Gasteiger partial charge on any atom is -0.493 e. The second-order valence-electron chi connectivity index (χ2n) is 7.51. The molecule has 0 atom stereocenters. The van der Waals surface area contributed by atoms with E-state index in [1.807, 2.05) is 91.0 Å². The zero-order chi connectivity index (χ0) is 23.3. The van der Waals surface area contributed by atoms with Crippen LogP contribution in [-0.4, -0.2) is 21.7 Å². The summed E-state index contributed by atoms with van der Waals surface area (Å²) in [5, 5.41) is 4.34. The highest BCUT2D eigenvalue weighted by molar-refractivity contribution is 7.15. The number of hydrogen-bond donors (Lipinski definition) is 0. The van der Waals surface area contributed by atoms with Crippen LogP contribution in [0.25, 0.3) is 23.2 Å². The maximum absolute atomic E-state index is 12.9. The molecule has 0 radical (unpaired) electrons. The van der Waals surface area contributed by atoms with Crippen LogP contribution >= 0.6 is 11.3 Å². The third-order valence-electron chi connectivity index (χ3n) is 5.15. The summed E-state index contributed by atoms with van der Waals surface area (Å²) in [7, 11) is 1.60. The molecule has 0 aliphatic heterocycles. The summed E-state index contributed by atoms with van der Waals surface area (Å²) < 4.78 is 13.3. The molecule has 0 fully saturated rings. The fraction of sp³-hybridized carbons (Fsp3) is 0.0741. The largest absolute Gasteiger partial charge is 0.493 e. The van der Waals surface area contributed by atoms with Gasteiger partial charge in [-0.2, -0.15) is 9.50 Å². The molecule has 0 aliphatic carbocycles. The summed E-state index contributed by atoms with van der Waals surface area (Å²) in [5.74, 6) is 1.74. The molecular formula is C27H21N3O3S. The van der Waals surface area contributed by atoms with Crippen molar-refractivity contribution < 1.29 is 9.47 Å². The molecule has 168 valence electrons. The molecule has 0 saturated heterocycles. The van der Waals surface area contributed by atoms with E-state index >= 15 is 0 Å². The Morgan fingerprint density at radius 3 is 2.41 bits per heavy atom. The van der Waals surface area contributed by atoms with Crippen LogP contribution in [0.15, 0.2) is 83.7 Å². The van der Waals surface area contributed by atoms with Gasteiger partial charge in [0.05, 0.1) is 11.6 Å². The molecule has 0 saturated carbocycles. The highest BCUT2D eigenvalue weighted by Gasteiger charge is 2.10. The Balaban J connectivity index is 1.38. The maximum Gasteiger partial charge on any atom is 0.291 e.